The summed E-state index contributed by atoms with van der Waals surface area (Å²) in [5.41, 5.74) is 1.11. The molecule has 1 fully saturated rings. The second kappa shape index (κ2) is 11.7. The predicted octanol–water partition coefficient (Wildman–Crippen LogP) is 0.0369. The van der Waals surface area contributed by atoms with E-state index in [4.69, 9.17) is 19.2 Å². The smallest absolute Gasteiger partial charge is 0.260 e. The SMILES string of the molecule is CN(C)CCN(C(=O)c1ccc(S(=O)(=O)N(C)CC2CCCO2)cc1)c1nc2cc3c(cc2s1)OCO3.[Cl-]. The van der Waals surface area contributed by atoms with Gasteiger partial charge in [-0.1, -0.05) is 11.3 Å². The van der Waals surface area contributed by atoms with Crippen molar-refractivity contribution in [2.24, 2.45) is 0 Å². The van der Waals surface area contributed by atoms with Gasteiger partial charge in [0.1, 0.15) is 0 Å². The number of thiazole rings is 1. The second-order valence-electron chi connectivity index (χ2n) is 9.37. The average Bonchev–Trinajstić information content (AvgIpc) is 3.63. The van der Waals surface area contributed by atoms with Crippen LogP contribution < -0.4 is 26.8 Å². The third-order valence-corrected chi connectivity index (χ3v) is 9.29. The van der Waals surface area contributed by atoms with Crippen molar-refractivity contribution < 1.29 is 39.8 Å². The molecule has 2 aromatic carbocycles. The van der Waals surface area contributed by atoms with E-state index in [0.717, 1.165) is 23.1 Å². The molecule has 1 unspecified atom stereocenters. The maximum Gasteiger partial charge on any atom is 0.260 e. The first kappa shape index (κ1) is 28.5. The van der Waals surface area contributed by atoms with Crippen LogP contribution >= 0.6 is 11.3 Å². The van der Waals surface area contributed by atoms with E-state index in [1.165, 1.54) is 27.8 Å². The van der Waals surface area contributed by atoms with Crippen molar-refractivity contribution in [2.45, 2.75) is 23.8 Å². The number of sulfonamides is 1. The first-order valence-electron chi connectivity index (χ1n) is 12.1. The molecule has 2 aliphatic rings. The number of carbonyl (C=O) groups excluding carboxylic acids is 1. The molecule has 0 aliphatic carbocycles. The van der Waals surface area contributed by atoms with Crippen LogP contribution in [0.4, 0.5) is 5.13 Å². The molecular formula is C25H30ClN4O6S2-. The summed E-state index contributed by atoms with van der Waals surface area (Å²) in [6.07, 6.45) is 1.71. The van der Waals surface area contributed by atoms with Gasteiger partial charge < -0.3 is 31.5 Å². The van der Waals surface area contributed by atoms with Crippen molar-refractivity contribution in [1.29, 1.82) is 0 Å². The Balaban J connectivity index is 0.00000336. The van der Waals surface area contributed by atoms with Crippen LogP contribution in [0.3, 0.4) is 0 Å². The third-order valence-electron chi connectivity index (χ3n) is 6.41. The first-order valence-corrected chi connectivity index (χ1v) is 14.3. The maximum absolute atomic E-state index is 13.6. The Hall–Kier alpha value is -2.48. The van der Waals surface area contributed by atoms with Gasteiger partial charge in [-0.3, -0.25) is 9.69 Å². The maximum atomic E-state index is 13.6. The van der Waals surface area contributed by atoms with Crippen molar-refractivity contribution in [3.8, 4) is 11.5 Å². The van der Waals surface area contributed by atoms with Crippen LogP contribution in [0.25, 0.3) is 10.2 Å². The molecule has 1 saturated heterocycles. The number of carbonyl (C=O) groups is 1. The molecule has 1 amide bonds. The number of likely N-dealkylation sites (N-methyl/N-ethyl adjacent to an activating group) is 2. The highest BCUT2D eigenvalue weighted by Gasteiger charge is 2.27. The van der Waals surface area contributed by atoms with Crippen LogP contribution in [0, 0.1) is 0 Å². The van der Waals surface area contributed by atoms with Crippen LogP contribution in [0.15, 0.2) is 41.3 Å². The Morgan fingerprint density at radius 1 is 1.08 bits per heavy atom. The summed E-state index contributed by atoms with van der Waals surface area (Å²) in [7, 11) is 1.73. The molecule has 13 heteroatoms. The molecule has 0 saturated carbocycles. The highest BCUT2D eigenvalue weighted by molar-refractivity contribution is 7.89. The van der Waals surface area contributed by atoms with Crippen LogP contribution in [0.5, 0.6) is 11.5 Å². The fourth-order valence-corrected chi connectivity index (χ4v) is 6.49. The number of rotatable bonds is 9. The van der Waals surface area contributed by atoms with Crippen molar-refractivity contribution in [2.75, 3.05) is 59.1 Å². The molecule has 3 heterocycles. The van der Waals surface area contributed by atoms with Gasteiger partial charge in [-0.25, -0.2) is 13.4 Å². The minimum Gasteiger partial charge on any atom is -1.00 e. The lowest BCUT2D eigenvalue weighted by Crippen LogP contribution is -3.00. The van der Waals surface area contributed by atoms with Gasteiger partial charge in [0.15, 0.2) is 16.6 Å². The number of halogens is 1. The van der Waals surface area contributed by atoms with E-state index in [2.05, 4.69) is 0 Å². The molecule has 0 N–H and O–H groups in total. The third kappa shape index (κ3) is 5.90. The Morgan fingerprint density at radius 3 is 2.45 bits per heavy atom. The van der Waals surface area contributed by atoms with Crippen molar-refractivity contribution in [3.05, 3.63) is 42.0 Å². The van der Waals surface area contributed by atoms with Gasteiger partial charge in [0.05, 0.1) is 21.2 Å². The molecule has 5 rings (SSSR count). The Bertz CT molecular complexity index is 1350. The number of anilines is 1. The number of aromatic nitrogens is 1. The number of hydrogen-bond acceptors (Lipinski definition) is 9. The molecule has 3 aromatic rings. The Kier molecular flexibility index (Phi) is 8.80. The number of ether oxygens (including phenoxy) is 3. The van der Waals surface area contributed by atoms with Gasteiger partial charge in [-0.2, -0.15) is 4.31 Å². The summed E-state index contributed by atoms with van der Waals surface area (Å²) < 4.78 is 44.8. The largest absolute Gasteiger partial charge is 1.00 e. The second-order valence-corrected chi connectivity index (χ2v) is 12.4. The van der Waals surface area contributed by atoms with E-state index >= 15 is 0 Å². The Labute approximate surface area is 232 Å². The van der Waals surface area contributed by atoms with Gasteiger partial charge in [0, 0.05) is 51.0 Å². The predicted molar refractivity (Wildman–Crippen MR) is 141 cm³/mol. The molecule has 10 nitrogen and oxygen atoms in total. The molecule has 0 bridgehead atoms. The normalized spacial score (nSPS) is 16.8. The monoisotopic (exact) mass is 581 g/mol. The lowest BCUT2D eigenvalue weighted by atomic mass is 10.2. The molecule has 1 atom stereocenters. The number of benzene rings is 2. The van der Waals surface area contributed by atoms with E-state index in [1.807, 2.05) is 31.1 Å². The summed E-state index contributed by atoms with van der Waals surface area (Å²) in [6, 6.07) is 9.77. The highest BCUT2D eigenvalue weighted by atomic mass is 35.5. The van der Waals surface area contributed by atoms with Crippen LogP contribution in [0.1, 0.15) is 23.2 Å². The van der Waals surface area contributed by atoms with Crippen molar-refractivity contribution in [3.63, 3.8) is 0 Å². The number of amides is 1. The first-order chi connectivity index (χ1) is 17.7. The minimum absolute atomic E-state index is 0. The van der Waals surface area contributed by atoms with Crippen LogP contribution in [0.2, 0.25) is 0 Å². The molecule has 206 valence electrons. The lowest BCUT2D eigenvalue weighted by Gasteiger charge is -2.22. The van der Waals surface area contributed by atoms with Gasteiger partial charge in [0.2, 0.25) is 16.8 Å². The minimum atomic E-state index is -3.70. The summed E-state index contributed by atoms with van der Waals surface area (Å²) in [4.78, 5) is 22.1. The molecule has 0 spiro atoms. The molecule has 0 radical (unpaired) electrons. The van der Waals surface area contributed by atoms with Gasteiger partial charge >= 0.3 is 0 Å². The molecular weight excluding hydrogens is 552 g/mol. The highest BCUT2D eigenvalue weighted by Crippen LogP contribution is 2.40. The van der Waals surface area contributed by atoms with Crippen LogP contribution in [-0.4, -0.2) is 88.8 Å². The zero-order valence-electron chi connectivity index (χ0n) is 21.4. The van der Waals surface area contributed by atoms with Crippen LogP contribution in [-0.2, 0) is 14.8 Å². The quantitative estimate of drug-likeness (QED) is 0.349. The van der Waals surface area contributed by atoms with Gasteiger partial charge in [0.25, 0.3) is 5.91 Å². The zero-order chi connectivity index (χ0) is 26.2. The molecule has 38 heavy (non-hydrogen) atoms. The number of hydrogen-bond donors (Lipinski definition) is 0. The van der Waals surface area contributed by atoms with Crippen molar-refractivity contribution in [1.82, 2.24) is 14.2 Å². The molecule has 1 aromatic heterocycles. The number of fused-ring (bicyclic) bond motifs is 2. The zero-order valence-corrected chi connectivity index (χ0v) is 23.8. The summed E-state index contributed by atoms with van der Waals surface area (Å²) >= 11 is 1.40. The number of nitrogens with zero attached hydrogens (tertiary/aromatic N) is 4. The molecule has 2 aliphatic heterocycles. The van der Waals surface area contributed by atoms with E-state index in [1.54, 1.807) is 24.1 Å². The fourth-order valence-electron chi connectivity index (χ4n) is 4.28. The summed E-state index contributed by atoms with van der Waals surface area (Å²) in [5.74, 6) is 1.05. The average molecular weight is 582 g/mol. The van der Waals surface area contributed by atoms with E-state index in [0.29, 0.717) is 48.4 Å². The van der Waals surface area contributed by atoms with Gasteiger partial charge in [-0.15, -0.1) is 0 Å². The van der Waals surface area contributed by atoms with Crippen molar-refractivity contribution >= 4 is 42.6 Å². The summed E-state index contributed by atoms with van der Waals surface area (Å²) in [6.45, 7) is 2.20. The standard InChI is InChI=1S/C25H30N4O6S2.ClH/c1-27(2)10-11-29(25-26-20-13-21-22(35-16-34-21)14-23(20)36-25)24(30)17-6-8-19(9-7-17)37(31,32)28(3)15-18-5-4-12-33-18;/h6-9,13-14,18H,4-5,10-12,15-16H2,1-3H3;1H/p-1. The Morgan fingerprint density at radius 2 is 1.79 bits per heavy atom. The van der Waals surface area contributed by atoms with Gasteiger partial charge in [-0.05, 0) is 51.2 Å². The van der Waals surface area contributed by atoms with E-state index in [9.17, 15) is 13.2 Å². The van der Waals surface area contributed by atoms with E-state index < -0.39 is 10.0 Å². The fraction of sp³-hybridized carbons (Fsp3) is 0.440. The summed E-state index contributed by atoms with van der Waals surface area (Å²) in [5, 5.41) is 0.554. The lowest BCUT2D eigenvalue weighted by molar-refractivity contribution is -0.0000202. The topological polar surface area (TPSA) is 102 Å². The van der Waals surface area contributed by atoms with E-state index in [-0.39, 0.29) is 36.1 Å².